The summed E-state index contributed by atoms with van der Waals surface area (Å²) in [5.41, 5.74) is 1.83. The molecule has 0 bridgehead atoms. The monoisotopic (exact) mass is 640 g/mol. The number of ether oxygens (including phenoxy) is 2. The van der Waals surface area contributed by atoms with E-state index in [0.717, 1.165) is 11.1 Å². The molecule has 0 aliphatic carbocycles. The number of hydrogen-bond acceptors (Lipinski definition) is 7. The van der Waals surface area contributed by atoms with Crippen LogP contribution >= 0.6 is 0 Å². The van der Waals surface area contributed by atoms with Gasteiger partial charge in [0.2, 0.25) is 5.90 Å². The van der Waals surface area contributed by atoms with E-state index < -0.39 is 21.5 Å². The predicted octanol–water partition coefficient (Wildman–Crippen LogP) is 6.01. The van der Waals surface area contributed by atoms with Crippen molar-refractivity contribution in [2.24, 2.45) is 10.9 Å². The summed E-state index contributed by atoms with van der Waals surface area (Å²) in [5.74, 6) is 0.347. The molecule has 1 aliphatic heterocycles. The molecule has 1 aliphatic rings. The van der Waals surface area contributed by atoms with Gasteiger partial charge in [0.15, 0.2) is 21.5 Å². The first-order chi connectivity index (χ1) is 22.2. The van der Waals surface area contributed by atoms with E-state index in [0.29, 0.717) is 36.4 Å². The molecule has 0 saturated heterocycles. The molecule has 0 spiro atoms. The summed E-state index contributed by atoms with van der Waals surface area (Å²) in [7, 11) is -3.74. The number of sulfone groups is 1. The van der Waals surface area contributed by atoms with E-state index in [-0.39, 0.29) is 41.4 Å². The first kappa shape index (κ1) is 32.9. The Morgan fingerprint density at radius 2 is 1.50 bits per heavy atom. The smallest absolute Gasteiger partial charge is 0.252 e. The molecule has 5 rings (SSSR count). The van der Waals surface area contributed by atoms with Gasteiger partial charge in [-0.2, -0.15) is 0 Å². The van der Waals surface area contributed by atoms with Crippen molar-refractivity contribution in [3.8, 4) is 16.9 Å². The lowest BCUT2D eigenvalue weighted by atomic mass is 9.84. The molecule has 46 heavy (non-hydrogen) atoms. The third-order valence-electron chi connectivity index (χ3n) is 7.88. The first-order valence-electron chi connectivity index (χ1n) is 15.5. The van der Waals surface area contributed by atoms with E-state index in [4.69, 9.17) is 19.6 Å². The Hall–Kier alpha value is -4.47. The van der Waals surface area contributed by atoms with E-state index in [9.17, 15) is 13.2 Å². The zero-order valence-electron chi connectivity index (χ0n) is 26.1. The Morgan fingerprint density at radius 3 is 2.13 bits per heavy atom. The van der Waals surface area contributed by atoms with E-state index >= 15 is 0 Å². The fraction of sp³-hybridized carbons (Fsp3) is 0.297. The average molecular weight is 641 g/mol. The molecule has 1 heterocycles. The highest BCUT2D eigenvalue weighted by Crippen LogP contribution is 2.43. The third kappa shape index (κ3) is 7.66. The molecule has 2 N–H and O–H groups in total. The van der Waals surface area contributed by atoms with Crippen LogP contribution in [0, 0.1) is 5.92 Å². The fourth-order valence-electron chi connectivity index (χ4n) is 5.34. The van der Waals surface area contributed by atoms with Crippen molar-refractivity contribution < 1.29 is 27.8 Å². The number of carbonyl (C=O) groups excluding carboxylic acids is 1. The molecule has 9 heteroatoms. The van der Waals surface area contributed by atoms with Crippen molar-refractivity contribution in [3.05, 3.63) is 120 Å². The minimum Gasteiger partial charge on any atom is -0.494 e. The lowest BCUT2D eigenvalue weighted by molar-refractivity contribution is -0.129. The number of rotatable bonds is 14. The van der Waals surface area contributed by atoms with Crippen molar-refractivity contribution in [1.29, 1.82) is 0 Å². The van der Waals surface area contributed by atoms with Gasteiger partial charge in [0, 0.05) is 31.6 Å². The van der Waals surface area contributed by atoms with Gasteiger partial charge in [0.1, 0.15) is 5.75 Å². The quantitative estimate of drug-likeness (QED) is 0.163. The second-order valence-corrected chi connectivity index (χ2v) is 13.9. The summed E-state index contributed by atoms with van der Waals surface area (Å²) >= 11 is 0. The van der Waals surface area contributed by atoms with Crippen molar-refractivity contribution in [1.82, 2.24) is 5.32 Å². The van der Waals surface area contributed by atoms with Crippen LogP contribution in [0.2, 0.25) is 0 Å². The summed E-state index contributed by atoms with van der Waals surface area (Å²) in [4.78, 5) is 19.4. The molecule has 0 radical (unpaired) electrons. The molecule has 1 amide bonds. The maximum atomic E-state index is 14.2. The maximum Gasteiger partial charge on any atom is 0.252 e. The molecule has 0 aromatic heterocycles. The molecule has 0 fully saturated rings. The second kappa shape index (κ2) is 14.7. The summed E-state index contributed by atoms with van der Waals surface area (Å²) in [5, 5.41) is 12.1. The Labute approximate surface area is 271 Å². The minimum absolute atomic E-state index is 0.0391. The Kier molecular flexibility index (Phi) is 10.6. The van der Waals surface area contributed by atoms with Crippen molar-refractivity contribution in [3.63, 3.8) is 0 Å². The van der Waals surface area contributed by atoms with E-state index in [1.165, 1.54) is 0 Å². The van der Waals surface area contributed by atoms with Crippen LogP contribution in [0.4, 0.5) is 0 Å². The zero-order chi connectivity index (χ0) is 32.6. The van der Waals surface area contributed by atoms with E-state index in [2.05, 4.69) is 5.32 Å². The summed E-state index contributed by atoms with van der Waals surface area (Å²) in [6.45, 7) is 4.81. The Morgan fingerprint density at radius 1 is 0.891 bits per heavy atom. The standard InChI is InChI=1S/C37H40N2O6S/c1-27(2)26-38-36(41)37(22-25-46(42,43)33-12-7-4-8-13-33)34(30-16-14-29(15-17-30)28-10-5-3-6-11-28)45-35(39-37)31-18-20-32(21-19-31)44-24-9-23-40/h3-8,10-21,27,34,40H,9,22-26H2,1-2H3,(H,38,41)/t34-,37-/m1/s1. The summed E-state index contributed by atoms with van der Waals surface area (Å²) in [6.07, 6.45) is -0.459. The number of nitrogens with zero attached hydrogens (tertiary/aromatic N) is 1. The Bertz CT molecular complexity index is 1720. The first-order valence-corrected chi connectivity index (χ1v) is 17.2. The van der Waals surface area contributed by atoms with Gasteiger partial charge >= 0.3 is 0 Å². The van der Waals surface area contributed by atoms with Gasteiger partial charge in [-0.15, -0.1) is 0 Å². The van der Waals surface area contributed by atoms with Crippen LogP contribution in [0.25, 0.3) is 11.1 Å². The summed E-state index contributed by atoms with van der Waals surface area (Å²) < 4.78 is 39.3. The highest BCUT2D eigenvalue weighted by Gasteiger charge is 2.53. The number of aliphatic hydroxyl groups is 1. The largest absolute Gasteiger partial charge is 0.494 e. The summed E-state index contributed by atoms with van der Waals surface area (Å²) in [6, 6.07) is 33.1. The average Bonchev–Trinajstić information content (AvgIpc) is 3.48. The predicted molar refractivity (Wildman–Crippen MR) is 180 cm³/mol. The molecule has 2 atom stereocenters. The van der Waals surface area contributed by atoms with Gasteiger partial charge in [0.25, 0.3) is 5.91 Å². The van der Waals surface area contributed by atoms with E-state index in [1.807, 2.05) is 68.4 Å². The van der Waals surface area contributed by atoms with Crippen molar-refractivity contribution >= 4 is 21.6 Å². The minimum atomic E-state index is -3.74. The van der Waals surface area contributed by atoms with Crippen LogP contribution < -0.4 is 10.1 Å². The van der Waals surface area contributed by atoms with Crippen LogP contribution in [-0.4, -0.2) is 56.4 Å². The molecule has 8 nitrogen and oxygen atoms in total. The number of carbonyl (C=O) groups is 1. The van der Waals surface area contributed by atoms with E-state index in [1.54, 1.807) is 54.6 Å². The molecule has 4 aromatic carbocycles. The van der Waals surface area contributed by atoms with Crippen LogP contribution in [0.1, 0.15) is 43.9 Å². The molecule has 240 valence electrons. The SMILES string of the molecule is CC(C)CNC(=O)[C@]1(CCS(=O)(=O)c2ccccc2)N=C(c2ccc(OCCCO)cc2)O[C@@H]1c1ccc(-c2ccccc2)cc1. The van der Waals surface area contributed by atoms with Crippen LogP contribution in [0.5, 0.6) is 5.75 Å². The lowest BCUT2D eigenvalue weighted by Gasteiger charge is -2.31. The topological polar surface area (TPSA) is 114 Å². The molecule has 4 aromatic rings. The number of nitrogens with one attached hydrogen (secondary N) is 1. The third-order valence-corrected chi connectivity index (χ3v) is 9.61. The van der Waals surface area contributed by atoms with Gasteiger partial charge in [-0.25, -0.2) is 13.4 Å². The van der Waals surface area contributed by atoms with Crippen LogP contribution in [0.15, 0.2) is 119 Å². The number of hydrogen-bond donors (Lipinski definition) is 2. The van der Waals surface area contributed by atoms with Crippen molar-refractivity contribution in [2.45, 2.75) is 43.2 Å². The lowest BCUT2D eigenvalue weighted by Crippen LogP contribution is -2.50. The highest BCUT2D eigenvalue weighted by molar-refractivity contribution is 7.91. The Balaban J connectivity index is 1.55. The molecular weight excluding hydrogens is 600 g/mol. The number of amides is 1. The fourth-order valence-corrected chi connectivity index (χ4v) is 6.72. The molecule has 0 saturated carbocycles. The maximum absolute atomic E-state index is 14.2. The highest BCUT2D eigenvalue weighted by atomic mass is 32.2. The van der Waals surface area contributed by atoms with Gasteiger partial charge in [-0.3, -0.25) is 4.79 Å². The van der Waals surface area contributed by atoms with Gasteiger partial charge < -0.3 is 19.9 Å². The molecular formula is C37H40N2O6S. The number of benzene rings is 4. The zero-order valence-corrected chi connectivity index (χ0v) is 27.0. The normalized spacial score (nSPS) is 17.7. The van der Waals surface area contributed by atoms with Gasteiger partial charge in [0.05, 0.1) is 17.3 Å². The van der Waals surface area contributed by atoms with Crippen LogP contribution in [-0.2, 0) is 19.4 Å². The van der Waals surface area contributed by atoms with Crippen molar-refractivity contribution in [2.75, 3.05) is 25.5 Å². The second-order valence-electron chi connectivity index (χ2n) is 11.8. The van der Waals surface area contributed by atoms with Gasteiger partial charge in [-0.05, 0) is 59.0 Å². The number of aliphatic hydroxyl groups excluding tert-OH is 1. The van der Waals surface area contributed by atoms with Crippen LogP contribution in [0.3, 0.4) is 0 Å². The van der Waals surface area contributed by atoms with Gasteiger partial charge in [-0.1, -0.05) is 86.6 Å². The number of aliphatic imine (C=N–C) groups is 1. The molecule has 0 unspecified atom stereocenters.